The van der Waals surface area contributed by atoms with Crippen LogP contribution < -0.4 is 5.73 Å². The normalized spacial score (nSPS) is 24.9. The second-order valence-corrected chi connectivity index (χ2v) is 4.96. The summed E-state index contributed by atoms with van der Waals surface area (Å²) in [5, 5.41) is 11.5. The van der Waals surface area contributed by atoms with Gasteiger partial charge in [0, 0.05) is 25.6 Å². The van der Waals surface area contributed by atoms with Crippen LogP contribution in [0.25, 0.3) is 0 Å². The van der Waals surface area contributed by atoms with E-state index in [1.807, 2.05) is 4.90 Å². The van der Waals surface area contributed by atoms with Crippen molar-refractivity contribution in [2.75, 3.05) is 13.2 Å². The van der Waals surface area contributed by atoms with Crippen LogP contribution in [0, 0.1) is 0 Å². The second-order valence-electron chi connectivity index (χ2n) is 4.96. The molecule has 0 bridgehead atoms. The topological polar surface area (TPSA) is 88.2 Å². The Kier molecular flexibility index (Phi) is 4.41. The smallest absolute Gasteiger partial charge is 0.251 e. The Hall–Kier alpha value is -1.30. The maximum atomic E-state index is 12.3. The molecule has 3 N–H and O–H groups in total. The lowest BCUT2D eigenvalue weighted by atomic mass is 10.1. The standard InChI is InChI=1S/C12H21N3O3/c13-11(14-17)6-7-15(9-4-5-9)12(16)10-3-1-2-8-18-10/h9-10,17H,1-8H2,(H2,13,14). The molecule has 2 rings (SSSR count). The summed E-state index contributed by atoms with van der Waals surface area (Å²) < 4.78 is 5.53. The summed E-state index contributed by atoms with van der Waals surface area (Å²) >= 11 is 0. The summed E-state index contributed by atoms with van der Waals surface area (Å²) in [7, 11) is 0. The predicted molar refractivity (Wildman–Crippen MR) is 66.4 cm³/mol. The van der Waals surface area contributed by atoms with Gasteiger partial charge in [-0.1, -0.05) is 5.16 Å². The van der Waals surface area contributed by atoms with E-state index in [0.717, 1.165) is 32.1 Å². The van der Waals surface area contributed by atoms with Crippen molar-refractivity contribution in [2.24, 2.45) is 10.9 Å². The number of amides is 1. The molecule has 1 aliphatic carbocycles. The first-order chi connectivity index (χ1) is 8.72. The minimum atomic E-state index is -0.286. The van der Waals surface area contributed by atoms with Gasteiger partial charge in [0.25, 0.3) is 5.91 Å². The molecule has 1 amide bonds. The van der Waals surface area contributed by atoms with E-state index in [1.54, 1.807) is 0 Å². The molecule has 1 atom stereocenters. The van der Waals surface area contributed by atoms with E-state index in [-0.39, 0.29) is 17.8 Å². The zero-order valence-corrected chi connectivity index (χ0v) is 10.5. The molecule has 1 heterocycles. The first kappa shape index (κ1) is 13.1. The monoisotopic (exact) mass is 255 g/mol. The number of rotatable bonds is 5. The molecule has 0 aromatic heterocycles. The summed E-state index contributed by atoms with van der Waals surface area (Å²) in [6.45, 7) is 1.19. The molecule has 0 spiro atoms. The molecular weight excluding hydrogens is 234 g/mol. The number of oxime groups is 1. The Labute approximate surface area is 107 Å². The Morgan fingerprint density at radius 2 is 2.17 bits per heavy atom. The van der Waals surface area contributed by atoms with Gasteiger partial charge in [-0.2, -0.15) is 0 Å². The Morgan fingerprint density at radius 3 is 2.72 bits per heavy atom. The molecule has 102 valence electrons. The number of nitrogens with zero attached hydrogens (tertiary/aromatic N) is 2. The molecule has 1 saturated carbocycles. The van der Waals surface area contributed by atoms with E-state index in [1.165, 1.54) is 0 Å². The van der Waals surface area contributed by atoms with Crippen molar-refractivity contribution in [3.8, 4) is 0 Å². The van der Waals surface area contributed by atoms with E-state index in [2.05, 4.69) is 5.16 Å². The van der Waals surface area contributed by atoms with Crippen LogP contribution >= 0.6 is 0 Å². The Balaban J connectivity index is 1.89. The van der Waals surface area contributed by atoms with Crippen molar-refractivity contribution in [3.05, 3.63) is 0 Å². The largest absolute Gasteiger partial charge is 0.409 e. The quantitative estimate of drug-likeness (QED) is 0.327. The van der Waals surface area contributed by atoms with Crippen LogP contribution in [0.1, 0.15) is 38.5 Å². The summed E-state index contributed by atoms with van der Waals surface area (Å²) in [5.41, 5.74) is 5.45. The fraction of sp³-hybridized carbons (Fsp3) is 0.833. The summed E-state index contributed by atoms with van der Waals surface area (Å²) in [4.78, 5) is 14.2. The van der Waals surface area contributed by atoms with Crippen LogP contribution in [0.15, 0.2) is 5.16 Å². The molecule has 0 aromatic carbocycles. The third kappa shape index (κ3) is 3.35. The number of hydrogen-bond acceptors (Lipinski definition) is 4. The first-order valence-electron chi connectivity index (χ1n) is 6.61. The first-order valence-corrected chi connectivity index (χ1v) is 6.61. The SMILES string of the molecule is NC(CCN(C(=O)C1CCCCO1)C1CC1)=NO. The molecule has 1 unspecified atom stereocenters. The maximum absolute atomic E-state index is 12.3. The maximum Gasteiger partial charge on any atom is 0.251 e. The van der Waals surface area contributed by atoms with Gasteiger partial charge >= 0.3 is 0 Å². The van der Waals surface area contributed by atoms with Gasteiger partial charge in [-0.05, 0) is 32.1 Å². The zero-order valence-electron chi connectivity index (χ0n) is 10.5. The van der Waals surface area contributed by atoms with Gasteiger partial charge in [0.05, 0.1) is 0 Å². The third-order valence-corrected chi connectivity index (χ3v) is 3.46. The third-order valence-electron chi connectivity index (χ3n) is 3.46. The van der Waals surface area contributed by atoms with Gasteiger partial charge in [0.15, 0.2) is 0 Å². The molecule has 2 aliphatic rings. The predicted octanol–water partition coefficient (Wildman–Crippen LogP) is 0.683. The van der Waals surface area contributed by atoms with Crippen LogP contribution in [0.2, 0.25) is 0 Å². The highest BCUT2D eigenvalue weighted by Crippen LogP contribution is 2.29. The summed E-state index contributed by atoms with van der Waals surface area (Å²) in [5.74, 6) is 0.237. The van der Waals surface area contributed by atoms with Gasteiger partial charge in [-0.15, -0.1) is 0 Å². The molecule has 18 heavy (non-hydrogen) atoms. The van der Waals surface area contributed by atoms with Gasteiger partial charge in [0.1, 0.15) is 11.9 Å². The van der Waals surface area contributed by atoms with Gasteiger partial charge < -0.3 is 20.6 Å². The van der Waals surface area contributed by atoms with E-state index >= 15 is 0 Å². The van der Waals surface area contributed by atoms with Crippen molar-refractivity contribution in [3.63, 3.8) is 0 Å². The lowest BCUT2D eigenvalue weighted by Gasteiger charge is -2.29. The van der Waals surface area contributed by atoms with E-state index in [0.29, 0.717) is 25.6 Å². The minimum absolute atomic E-state index is 0.0722. The molecule has 1 aliphatic heterocycles. The Bertz CT molecular complexity index is 323. The highest BCUT2D eigenvalue weighted by molar-refractivity contribution is 5.83. The van der Waals surface area contributed by atoms with Crippen molar-refractivity contribution in [1.82, 2.24) is 4.90 Å². The number of carbonyl (C=O) groups is 1. The number of carbonyl (C=O) groups excluding carboxylic acids is 1. The molecular formula is C12H21N3O3. The van der Waals surface area contributed by atoms with Gasteiger partial charge in [0.2, 0.25) is 0 Å². The lowest BCUT2D eigenvalue weighted by molar-refractivity contribution is -0.147. The van der Waals surface area contributed by atoms with Crippen molar-refractivity contribution in [1.29, 1.82) is 0 Å². The highest BCUT2D eigenvalue weighted by atomic mass is 16.5. The van der Waals surface area contributed by atoms with Crippen molar-refractivity contribution < 1.29 is 14.7 Å². The minimum Gasteiger partial charge on any atom is -0.409 e. The van der Waals surface area contributed by atoms with Gasteiger partial charge in [-0.25, -0.2) is 0 Å². The molecule has 0 aromatic rings. The van der Waals surface area contributed by atoms with Crippen LogP contribution in [-0.2, 0) is 9.53 Å². The lowest BCUT2D eigenvalue weighted by Crippen LogP contribution is -2.44. The summed E-state index contributed by atoms with van der Waals surface area (Å²) in [6.07, 6.45) is 5.12. The van der Waals surface area contributed by atoms with Crippen LogP contribution in [-0.4, -0.2) is 47.1 Å². The summed E-state index contributed by atoms with van der Waals surface area (Å²) in [6, 6.07) is 0.328. The molecule has 6 heteroatoms. The zero-order chi connectivity index (χ0) is 13.0. The molecule has 0 radical (unpaired) electrons. The van der Waals surface area contributed by atoms with E-state index in [9.17, 15) is 4.79 Å². The molecule has 2 fully saturated rings. The second kappa shape index (κ2) is 6.04. The number of hydrogen-bond donors (Lipinski definition) is 2. The van der Waals surface area contributed by atoms with E-state index < -0.39 is 0 Å². The number of amidine groups is 1. The van der Waals surface area contributed by atoms with E-state index in [4.69, 9.17) is 15.7 Å². The van der Waals surface area contributed by atoms with Crippen LogP contribution in [0.3, 0.4) is 0 Å². The highest BCUT2D eigenvalue weighted by Gasteiger charge is 2.36. The van der Waals surface area contributed by atoms with Gasteiger partial charge in [-0.3, -0.25) is 4.79 Å². The molecule has 1 saturated heterocycles. The molecule has 6 nitrogen and oxygen atoms in total. The fourth-order valence-corrected chi connectivity index (χ4v) is 2.26. The van der Waals surface area contributed by atoms with Crippen LogP contribution in [0.5, 0.6) is 0 Å². The fourth-order valence-electron chi connectivity index (χ4n) is 2.26. The Morgan fingerprint density at radius 1 is 1.39 bits per heavy atom. The number of ether oxygens (including phenoxy) is 1. The van der Waals surface area contributed by atoms with Crippen molar-refractivity contribution >= 4 is 11.7 Å². The van der Waals surface area contributed by atoms with Crippen molar-refractivity contribution in [2.45, 2.75) is 50.7 Å². The van der Waals surface area contributed by atoms with Crippen LogP contribution in [0.4, 0.5) is 0 Å². The average molecular weight is 255 g/mol. The average Bonchev–Trinajstić information content (AvgIpc) is 3.24. The number of nitrogens with two attached hydrogens (primary N) is 1.